The van der Waals surface area contributed by atoms with Gasteiger partial charge in [-0.1, -0.05) is 124 Å². The highest BCUT2D eigenvalue weighted by molar-refractivity contribution is 5.77. The Balaban J connectivity index is 3.90. The SMILES string of the molecule is CCCCCCCCCCCCCCCCC(C(N)=O)C(C)N(CCCC)CCCC. The van der Waals surface area contributed by atoms with Gasteiger partial charge in [-0.25, -0.2) is 0 Å². The number of nitrogens with two attached hydrogens (primary N) is 1. The third-order valence-electron chi connectivity index (χ3n) is 6.99. The molecule has 0 saturated heterocycles. The smallest absolute Gasteiger partial charge is 0.222 e. The minimum absolute atomic E-state index is 0.00559. The van der Waals surface area contributed by atoms with Crippen LogP contribution in [0.4, 0.5) is 0 Å². The number of hydrogen-bond donors (Lipinski definition) is 1. The average molecular weight is 439 g/mol. The monoisotopic (exact) mass is 438 g/mol. The van der Waals surface area contributed by atoms with Crippen molar-refractivity contribution in [1.82, 2.24) is 4.90 Å². The van der Waals surface area contributed by atoms with Crippen LogP contribution >= 0.6 is 0 Å². The summed E-state index contributed by atoms with van der Waals surface area (Å²) in [6.45, 7) is 11.2. The molecule has 3 nitrogen and oxygen atoms in total. The number of nitrogens with zero attached hydrogens (tertiary/aromatic N) is 1. The second-order valence-electron chi connectivity index (χ2n) is 9.88. The molecule has 0 radical (unpaired) electrons. The first-order valence-corrected chi connectivity index (χ1v) is 14.1. The van der Waals surface area contributed by atoms with Gasteiger partial charge in [0.1, 0.15) is 0 Å². The molecule has 186 valence electrons. The molecule has 0 fully saturated rings. The van der Waals surface area contributed by atoms with Crippen LogP contribution in [0.1, 0.15) is 150 Å². The van der Waals surface area contributed by atoms with Gasteiger partial charge in [-0.2, -0.15) is 0 Å². The fourth-order valence-electron chi connectivity index (χ4n) is 4.68. The Morgan fingerprint density at radius 2 is 0.968 bits per heavy atom. The van der Waals surface area contributed by atoms with Crippen LogP contribution in [0, 0.1) is 5.92 Å². The zero-order chi connectivity index (χ0) is 23.2. The summed E-state index contributed by atoms with van der Waals surface area (Å²) in [5.74, 6) is -0.0915. The van der Waals surface area contributed by atoms with E-state index in [1.165, 1.54) is 109 Å². The molecule has 0 rings (SSSR count). The van der Waals surface area contributed by atoms with Crippen molar-refractivity contribution in [2.45, 2.75) is 156 Å². The van der Waals surface area contributed by atoms with Gasteiger partial charge in [0, 0.05) is 6.04 Å². The average Bonchev–Trinajstić information content (AvgIpc) is 2.76. The summed E-state index contributed by atoms with van der Waals surface area (Å²) in [5.41, 5.74) is 5.82. The molecule has 0 bridgehead atoms. The molecule has 0 aliphatic carbocycles. The first kappa shape index (κ1) is 30.4. The molecule has 0 heterocycles. The van der Waals surface area contributed by atoms with Gasteiger partial charge >= 0.3 is 0 Å². The Morgan fingerprint density at radius 1 is 0.613 bits per heavy atom. The van der Waals surface area contributed by atoms with Crippen molar-refractivity contribution >= 4 is 5.91 Å². The molecule has 0 aromatic rings. The molecule has 2 N–H and O–H groups in total. The number of rotatable bonds is 24. The van der Waals surface area contributed by atoms with Crippen molar-refractivity contribution in [1.29, 1.82) is 0 Å². The lowest BCUT2D eigenvalue weighted by Crippen LogP contribution is -2.44. The highest BCUT2D eigenvalue weighted by Gasteiger charge is 2.26. The summed E-state index contributed by atoms with van der Waals surface area (Å²) in [6.07, 6.45) is 25.0. The number of carbonyl (C=O) groups is 1. The molecule has 31 heavy (non-hydrogen) atoms. The summed E-state index contributed by atoms with van der Waals surface area (Å²) in [6, 6.07) is 0.276. The topological polar surface area (TPSA) is 46.3 Å². The van der Waals surface area contributed by atoms with E-state index in [4.69, 9.17) is 5.73 Å². The maximum Gasteiger partial charge on any atom is 0.222 e. The van der Waals surface area contributed by atoms with E-state index in [1.807, 2.05) is 0 Å². The van der Waals surface area contributed by atoms with E-state index < -0.39 is 0 Å². The first-order valence-electron chi connectivity index (χ1n) is 14.1. The number of amides is 1. The normalized spacial score (nSPS) is 13.6. The predicted molar refractivity (Wildman–Crippen MR) is 138 cm³/mol. The quantitative estimate of drug-likeness (QED) is 0.154. The molecule has 0 aromatic heterocycles. The zero-order valence-corrected chi connectivity index (χ0v) is 21.9. The van der Waals surface area contributed by atoms with E-state index >= 15 is 0 Å². The third-order valence-corrected chi connectivity index (χ3v) is 6.99. The summed E-state index contributed by atoms with van der Waals surface area (Å²) in [5, 5.41) is 0. The first-order chi connectivity index (χ1) is 15.1. The van der Waals surface area contributed by atoms with Crippen LogP contribution in [0.3, 0.4) is 0 Å². The van der Waals surface area contributed by atoms with Crippen molar-refractivity contribution in [3.05, 3.63) is 0 Å². The van der Waals surface area contributed by atoms with E-state index in [0.29, 0.717) is 0 Å². The summed E-state index contributed by atoms with van der Waals surface area (Å²) >= 11 is 0. The largest absolute Gasteiger partial charge is 0.369 e. The highest BCUT2D eigenvalue weighted by Crippen LogP contribution is 2.21. The van der Waals surface area contributed by atoms with Gasteiger partial charge in [0.25, 0.3) is 0 Å². The number of primary amides is 1. The second-order valence-corrected chi connectivity index (χ2v) is 9.88. The van der Waals surface area contributed by atoms with Gasteiger partial charge in [0.05, 0.1) is 5.92 Å². The third kappa shape index (κ3) is 17.6. The van der Waals surface area contributed by atoms with Crippen LogP contribution in [0.5, 0.6) is 0 Å². The van der Waals surface area contributed by atoms with E-state index in [9.17, 15) is 4.79 Å². The Kier molecular flexibility index (Phi) is 22.2. The Hall–Kier alpha value is -0.570. The van der Waals surface area contributed by atoms with Gasteiger partial charge in [-0.15, -0.1) is 0 Å². The van der Waals surface area contributed by atoms with E-state index in [1.54, 1.807) is 0 Å². The van der Waals surface area contributed by atoms with Crippen LogP contribution < -0.4 is 5.73 Å². The second kappa shape index (κ2) is 22.6. The number of carbonyl (C=O) groups excluding carboxylic acids is 1. The standard InChI is InChI=1S/C28H58N2O/c1-5-8-11-12-13-14-15-16-17-18-19-20-21-22-23-27(28(29)31)26(4)30(24-9-6-2)25-10-7-3/h26-27H,5-25H2,1-4H3,(H2,29,31). The molecular weight excluding hydrogens is 380 g/mol. The maximum absolute atomic E-state index is 12.2. The lowest BCUT2D eigenvalue weighted by molar-refractivity contribution is -0.124. The Bertz CT molecular complexity index is 377. The molecule has 0 aromatic carbocycles. The van der Waals surface area contributed by atoms with Crippen molar-refractivity contribution in [3.63, 3.8) is 0 Å². The van der Waals surface area contributed by atoms with Crippen LogP contribution in [0.2, 0.25) is 0 Å². The maximum atomic E-state index is 12.2. The van der Waals surface area contributed by atoms with Gasteiger partial charge in [0.15, 0.2) is 0 Å². The molecule has 2 unspecified atom stereocenters. The van der Waals surface area contributed by atoms with Crippen molar-refractivity contribution in [2.24, 2.45) is 11.7 Å². The molecule has 0 aliphatic rings. The van der Waals surface area contributed by atoms with Crippen molar-refractivity contribution < 1.29 is 4.79 Å². The van der Waals surface area contributed by atoms with Gasteiger partial charge in [0.2, 0.25) is 5.91 Å². The van der Waals surface area contributed by atoms with Gasteiger partial charge in [-0.3, -0.25) is 9.69 Å². The lowest BCUT2D eigenvalue weighted by Gasteiger charge is -2.33. The summed E-state index contributed by atoms with van der Waals surface area (Å²) < 4.78 is 0. The Morgan fingerprint density at radius 3 is 1.32 bits per heavy atom. The van der Waals surface area contributed by atoms with E-state index in [-0.39, 0.29) is 17.9 Å². The van der Waals surface area contributed by atoms with Crippen molar-refractivity contribution in [2.75, 3.05) is 13.1 Å². The fraction of sp³-hybridized carbons (Fsp3) is 0.964. The number of hydrogen-bond acceptors (Lipinski definition) is 2. The fourth-order valence-corrected chi connectivity index (χ4v) is 4.68. The molecule has 3 heteroatoms. The van der Waals surface area contributed by atoms with Gasteiger partial charge in [-0.05, 0) is 39.3 Å². The minimum atomic E-state index is -0.0970. The lowest BCUT2D eigenvalue weighted by atomic mass is 9.91. The highest BCUT2D eigenvalue weighted by atomic mass is 16.1. The van der Waals surface area contributed by atoms with E-state index in [0.717, 1.165) is 25.9 Å². The van der Waals surface area contributed by atoms with Crippen molar-refractivity contribution in [3.8, 4) is 0 Å². The zero-order valence-electron chi connectivity index (χ0n) is 21.9. The number of unbranched alkanes of at least 4 members (excludes halogenated alkanes) is 15. The van der Waals surface area contributed by atoms with Crippen LogP contribution in [-0.4, -0.2) is 29.9 Å². The predicted octanol–water partition coefficient (Wildman–Crippen LogP) is 8.25. The molecule has 0 aliphatic heterocycles. The molecule has 0 spiro atoms. The minimum Gasteiger partial charge on any atom is -0.369 e. The molecule has 1 amide bonds. The molecule has 0 saturated carbocycles. The Labute approximate surface area is 196 Å². The summed E-state index contributed by atoms with van der Waals surface area (Å²) in [4.78, 5) is 14.7. The molecule has 2 atom stereocenters. The van der Waals surface area contributed by atoms with Crippen LogP contribution in [-0.2, 0) is 4.79 Å². The molecular formula is C28H58N2O. The summed E-state index contributed by atoms with van der Waals surface area (Å²) in [7, 11) is 0. The van der Waals surface area contributed by atoms with E-state index in [2.05, 4.69) is 32.6 Å². The van der Waals surface area contributed by atoms with Crippen LogP contribution in [0.15, 0.2) is 0 Å². The van der Waals surface area contributed by atoms with Crippen LogP contribution in [0.25, 0.3) is 0 Å². The van der Waals surface area contributed by atoms with Gasteiger partial charge < -0.3 is 5.73 Å².